The SMILES string of the molecule is CC(C)N(CC1CC(Cc2nc3ccc(C(C)(C)C)cc3[nH]2)C1)C[C@H]1CC(n2ccc3c(N)ncnc32)C(O)[C@@H]1O. The molecule has 220 valence electrons. The van der Waals surface area contributed by atoms with Crippen LogP contribution in [0.1, 0.15) is 71.3 Å². The Morgan fingerprint density at radius 1 is 1.05 bits per heavy atom. The Balaban J connectivity index is 1.05. The molecule has 41 heavy (non-hydrogen) atoms. The molecular formula is C32H45N7O2. The van der Waals surface area contributed by atoms with E-state index in [9.17, 15) is 10.2 Å². The third kappa shape index (κ3) is 5.47. The fourth-order valence-corrected chi connectivity index (χ4v) is 7.03. The summed E-state index contributed by atoms with van der Waals surface area (Å²) in [6.07, 6.45) is 5.80. The molecular weight excluding hydrogens is 514 g/mol. The van der Waals surface area contributed by atoms with E-state index in [0.717, 1.165) is 41.8 Å². The topological polar surface area (TPSA) is 129 Å². The Bertz CT molecular complexity index is 1510. The molecule has 3 aromatic heterocycles. The number of nitrogens with one attached hydrogen (secondary N) is 1. The van der Waals surface area contributed by atoms with Gasteiger partial charge in [-0.2, -0.15) is 0 Å². The zero-order chi connectivity index (χ0) is 29.1. The molecule has 0 amide bonds. The van der Waals surface area contributed by atoms with Crippen molar-refractivity contribution >= 4 is 27.9 Å². The summed E-state index contributed by atoms with van der Waals surface area (Å²) in [5, 5.41) is 22.9. The van der Waals surface area contributed by atoms with E-state index >= 15 is 0 Å². The largest absolute Gasteiger partial charge is 0.390 e. The summed E-state index contributed by atoms with van der Waals surface area (Å²) in [4.78, 5) is 19.4. The van der Waals surface area contributed by atoms with Gasteiger partial charge >= 0.3 is 0 Å². The standard InChI is InChI=1S/C32H45N7O2/c1-18(2)38(16-21-13-26(29(41)28(21)40)39-9-8-23-30(33)34-17-35-31(23)39)15-20-10-19(11-20)12-27-36-24-7-6-22(32(3,4)5)14-25(24)37-27/h6-9,14,17-21,26,28-29,40-41H,10-13,15-16H2,1-5H3,(H,36,37)(H2,33,34,35)/t19?,20?,21-,26?,28-,29?/m1/s1. The molecule has 4 atom stereocenters. The van der Waals surface area contributed by atoms with E-state index in [-0.39, 0.29) is 17.4 Å². The van der Waals surface area contributed by atoms with Crippen LogP contribution in [0.25, 0.3) is 22.1 Å². The summed E-state index contributed by atoms with van der Waals surface area (Å²) >= 11 is 0. The number of aromatic amines is 1. The van der Waals surface area contributed by atoms with Crippen molar-refractivity contribution in [1.29, 1.82) is 0 Å². The number of rotatable bonds is 8. The van der Waals surface area contributed by atoms with E-state index in [1.54, 1.807) is 0 Å². The normalized spacial score (nSPS) is 27.0. The summed E-state index contributed by atoms with van der Waals surface area (Å²) in [7, 11) is 0. The fourth-order valence-electron chi connectivity index (χ4n) is 7.03. The average Bonchev–Trinajstić information content (AvgIpc) is 3.58. The molecule has 0 bridgehead atoms. The lowest BCUT2D eigenvalue weighted by Gasteiger charge is -2.40. The van der Waals surface area contributed by atoms with Crippen molar-refractivity contribution in [3.63, 3.8) is 0 Å². The van der Waals surface area contributed by atoms with Gasteiger partial charge in [-0.3, -0.25) is 0 Å². The molecule has 3 heterocycles. The Kier molecular flexibility index (Phi) is 7.32. The smallest absolute Gasteiger partial charge is 0.145 e. The first-order valence-electron chi connectivity index (χ1n) is 15.1. The molecule has 1 aromatic carbocycles. The predicted octanol–water partition coefficient (Wildman–Crippen LogP) is 4.45. The van der Waals surface area contributed by atoms with Gasteiger partial charge < -0.3 is 30.4 Å². The third-order valence-corrected chi connectivity index (χ3v) is 9.57. The number of aliphatic hydroxyl groups is 2. The first-order chi connectivity index (χ1) is 19.5. The molecule has 0 radical (unpaired) electrons. The molecule has 2 unspecified atom stereocenters. The average molecular weight is 560 g/mol. The summed E-state index contributed by atoms with van der Waals surface area (Å²) in [6, 6.07) is 8.59. The fraction of sp³-hybridized carbons (Fsp3) is 0.594. The number of aliphatic hydroxyl groups excluding tert-OH is 2. The maximum absolute atomic E-state index is 11.1. The van der Waals surface area contributed by atoms with E-state index < -0.39 is 12.2 Å². The summed E-state index contributed by atoms with van der Waals surface area (Å²) in [5.41, 5.74) is 10.4. The quantitative estimate of drug-likeness (QED) is 0.251. The Morgan fingerprint density at radius 2 is 1.83 bits per heavy atom. The van der Waals surface area contributed by atoms with Crippen LogP contribution < -0.4 is 5.73 Å². The van der Waals surface area contributed by atoms with E-state index in [2.05, 4.69) is 72.7 Å². The molecule has 2 aliphatic rings. The lowest BCUT2D eigenvalue weighted by molar-refractivity contribution is -0.00532. The van der Waals surface area contributed by atoms with Crippen LogP contribution in [0.2, 0.25) is 0 Å². The minimum Gasteiger partial charge on any atom is -0.390 e. The maximum atomic E-state index is 11.1. The number of imidazole rings is 1. The molecule has 9 nitrogen and oxygen atoms in total. The zero-order valence-electron chi connectivity index (χ0n) is 25.0. The van der Waals surface area contributed by atoms with Crippen LogP contribution in [-0.2, 0) is 11.8 Å². The van der Waals surface area contributed by atoms with Crippen LogP contribution in [-0.4, -0.2) is 71.0 Å². The predicted molar refractivity (Wildman–Crippen MR) is 163 cm³/mol. The van der Waals surface area contributed by atoms with Crippen molar-refractivity contribution in [2.24, 2.45) is 17.8 Å². The van der Waals surface area contributed by atoms with E-state index in [1.165, 1.54) is 24.7 Å². The molecule has 0 saturated heterocycles. The number of hydrogen-bond acceptors (Lipinski definition) is 7. The number of hydrogen-bond donors (Lipinski definition) is 4. The summed E-state index contributed by atoms with van der Waals surface area (Å²) in [6.45, 7) is 13.0. The number of nitrogens with two attached hydrogens (primary N) is 1. The number of benzene rings is 1. The molecule has 2 aliphatic carbocycles. The Labute approximate surface area is 242 Å². The lowest BCUT2D eigenvalue weighted by atomic mass is 9.72. The van der Waals surface area contributed by atoms with Crippen molar-refractivity contribution in [2.45, 2.75) is 90.0 Å². The Hall–Kier alpha value is -3.01. The number of nitrogen functional groups attached to an aromatic ring is 1. The molecule has 0 spiro atoms. The van der Waals surface area contributed by atoms with Crippen molar-refractivity contribution < 1.29 is 10.2 Å². The van der Waals surface area contributed by atoms with Gasteiger partial charge in [0.25, 0.3) is 0 Å². The highest BCUT2D eigenvalue weighted by molar-refractivity contribution is 5.86. The summed E-state index contributed by atoms with van der Waals surface area (Å²) < 4.78 is 1.96. The maximum Gasteiger partial charge on any atom is 0.145 e. The van der Waals surface area contributed by atoms with Crippen LogP contribution >= 0.6 is 0 Å². The molecule has 0 aliphatic heterocycles. The van der Waals surface area contributed by atoms with E-state index in [4.69, 9.17) is 10.7 Å². The van der Waals surface area contributed by atoms with Gasteiger partial charge in [0.05, 0.1) is 28.6 Å². The first kappa shape index (κ1) is 28.1. The number of aromatic nitrogens is 5. The molecule has 4 aromatic rings. The van der Waals surface area contributed by atoms with Gasteiger partial charge in [0.1, 0.15) is 29.7 Å². The van der Waals surface area contributed by atoms with Crippen LogP contribution in [0.5, 0.6) is 0 Å². The minimum absolute atomic E-state index is 0.0153. The second kappa shape index (κ2) is 10.7. The van der Waals surface area contributed by atoms with Gasteiger partial charge in [0.2, 0.25) is 0 Å². The minimum atomic E-state index is -0.850. The lowest BCUT2D eigenvalue weighted by Crippen LogP contribution is -2.44. The monoisotopic (exact) mass is 559 g/mol. The summed E-state index contributed by atoms with van der Waals surface area (Å²) in [5.74, 6) is 2.80. The highest BCUT2D eigenvalue weighted by atomic mass is 16.3. The van der Waals surface area contributed by atoms with Crippen LogP contribution in [0, 0.1) is 17.8 Å². The van der Waals surface area contributed by atoms with Crippen molar-refractivity contribution in [3.05, 3.63) is 48.2 Å². The van der Waals surface area contributed by atoms with Crippen molar-refractivity contribution in [1.82, 2.24) is 29.4 Å². The van der Waals surface area contributed by atoms with Gasteiger partial charge in [0, 0.05) is 37.7 Å². The number of nitrogens with zero attached hydrogens (tertiary/aromatic N) is 5. The van der Waals surface area contributed by atoms with Crippen LogP contribution in [0.3, 0.4) is 0 Å². The molecule has 9 heteroatoms. The van der Waals surface area contributed by atoms with E-state index in [0.29, 0.717) is 35.8 Å². The third-order valence-electron chi connectivity index (χ3n) is 9.57. The number of anilines is 1. The number of H-pyrrole nitrogens is 1. The molecule has 6 rings (SSSR count). The van der Waals surface area contributed by atoms with Crippen molar-refractivity contribution in [3.8, 4) is 0 Å². The van der Waals surface area contributed by atoms with Gasteiger partial charge in [-0.25, -0.2) is 15.0 Å². The van der Waals surface area contributed by atoms with Crippen molar-refractivity contribution in [2.75, 3.05) is 18.8 Å². The van der Waals surface area contributed by atoms with Crippen LogP contribution in [0.15, 0.2) is 36.8 Å². The van der Waals surface area contributed by atoms with Gasteiger partial charge in [-0.15, -0.1) is 0 Å². The van der Waals surface area contributed by atoms with Gasteiger partial charge in [-0.05, 0) is 74.1 Å². The van der Waals surface area contributed by atoms with Crippen LogP contribution in [0.4, 0.5) is 5.82 Å². The highest BCUT2D eigenvalue weighted by Gasteiger charge is 2.44. The van der Waals surface area contributed by atoms with E-state index in [1.807, 2.05) is 16.8 Å². The zero-order valence-corrected chi connectivity index (χ0v) is 25.0. The Morgan fingerprint density at radius 3 is 2.56 bits per heavy atom. The van der Waals surface area contributed by atoms with Gasteiger partial charge in [0.15, 0.2) is 0 Å². The number of fused-ring (bicyclic) bond motifs is 2. The second-order valence-corrected chi connectivity index (χ2v) is 13.9. The van der Waals surface area contributed by atoms with Gasteiger partial charge in [-0.1, -0.05) is 26.8 Å². The molecule has 5 N–H and O–H groups in total. The molecule has 2 saturated carbocycles. The first-order valence-corrected chi connectivity index (χ1v) is 15.1. The second-order valence-electron chi connectivity index (χ2n) is 13.9. The molecule has 2 fully saturated rings. The highest BCUT2D eigenvalue weighted by Crippen LogP contribution is 2.40.